The van der Waals surface area contributed by atoms with E-state index in [1.165, 1.54) is 51.7 Å². The zero-order valence-corrected chi connectivity index (χ0v) is 16.8. The van der Waals surface area contributed by atoms with Crippen LogP contribution in [0.5, 0.6) is 0 Å². The number of benzene rings is 1. The minimum atomic E-state index is -3.58. The number of nitrogens with zero attached hydrogens (tertiary/aromatic N) is 3. The molecule has 0 radical (unpaired) electrons. The highest BCUT2D eigenvalue weighted by atomic mass is 32.2. The molecule has 1 aromatic carbocycles. The molecule has 27 heavy (non-hydrogen) atoms. The van der Waals surface area contributed by atoms with Crippen LogP contribution >= 0.6 is 23.1 Å². The number of aromatic nitrogens is 2. The summed E-state index contributed by atoms with van der Waals surface area (Å²) in [7, 11) is -3.58. The number of amides is 1. The number of rotatable bonds is 7. The van der Waals surface area contributed by atoms with Gasteiger partial charge in [-0.25, -0.2) is 8.42 Å². The van der Waals surface area contributed by atoms with Crippen LogP contribution in [-0.2, 0) is 14.8 Å². The van der Waals surface area contributed by atoms with E-state index in [9.17, 15) is 13.2 Å². The Morgan fingerprint density at radius 2 is 2.00 bits per heavy atom. The predicted molar refractivity (Wildman–Crippen MR) is 105 cm³/mol. The van der Waals surface area contributed by atoms with Crippen LogP contribution in [0, 0.1) is 0 Å². The molecule has 144 valence electrons. The molecule has 0 atom stereocenters. The van der Waals surface area contributed by atoms with E-state index in [0.29, 0.717) is 42.8 Å². The number of carbonyl (C=O) groups excluding carboxylic acids is 1. The van der Waals surface area contributed by atoms with Crippen LogP contribution < -0.4 is 5.32 Å². The van der Waals surface area contributed by atoms with E-state index < -0.39 is 10.0 Å². The molecule has 0 bridgehead atoms. The Morgan fingerprint density at radius 1 is 1.30 bits per heavy atom. The van der Waals surface area contributed by atoms with Crippen LogP contribution in [0.15, 0.2) is 46.2 Å². The molecule has 0 aliphatic carbocycles. The average molecular weight is 427 g/mol. The Kier molecular flexibility index (Phi) is 6.60. The number of thioether (sulfide) groups is 1. The Balaban J connectivity index is 1.66. The first-order valence-corrected chi connectivity index (χ1v) is 11.3. The Labute approximate surface area is 165 Å². The molecule has 3 rings (SSSR count). The van der Waals surface area contributed by atoms with E-state index in [0.717, 1.165) is 4.34 Å². The van der Waals surface area contributed by atoms with Crippen molar-refractivity contribution >= 4 is 44.2 Å². The molecule has 1 N–H and O–H groups in total. The lowest BCUT2D eigenvalue weighted by atomic mass is 10.2. The van der Waals surface area contributed by atoms with Crippen LogP contribution in [-0.4, -0.2) is 60.9 Å². The van der Waals surface area contributed by atoms with Crippen molar-refractivity contribution in [2.75, 3.05) is 37.4 Å². The van der Waals surface area contributed by atoms with Crippen molar-refractivity contribution in [3.63, 3.8) is 0 Å². The summed E-state index contributed by atoms with van der Waals surface area (Å²) in [6.45, 7) is 5.06. The van der Waals surface area contributed by atoms with E-state index in [1.54, 1.807) is 6.08 Å². The largest absolute Gasteiger partial charge is 0.379 e. The van der Waals surface area contributed by atoms with Crippen molar-refractivity contribution in [1.29, 1.82) is 0 Å². The number of sulfonamides is 1. The standard InChI is InChI=1S/C16H18N4O4S3/c1-2-11-25-16-19-18-15(26-16)17-14(21)12-3-5-13(6-4-12)27(22,23)20-7-9-24-10-8-20/h2-6H,1,7-11H2,(H,17,18,21). The van der Waals surface area contributed by atoms with Crippen molar-refractivity contribution in [3.8, 4) is 0 Å². The molecule has 0 saturated carbocycles. The second-order valence-electron chi connectivity index (χ2n) is 5.47. The van der Waals surface area contributed by atoms with Gasteiger partial charge in [-0.2, -0.15) is 4.31 Å². The molecule has 2 aromatic rings. The van der Waals surface area contributed by atoms with Gasteiger partial charge in [0.15, 0.2) is 4.34 Å². The Bertz CT molecular complexity index is 906. The third-order valence-corrected chi connectivity index (χ3v) is 7.56. The Hall–Kier alpha value is -1.79. The smallest absolute Gasteiger partial charge is 0.257 e. The van der Waals surface area contributed by atoms with Gasteiger partial charge in [-0.05, 0) is 24.3 Å². The molecule has 0 spiro atoms. The number of nitrogens with one attached hydrogen (secondary N) is 1. The first-order chi connectivity index (χ1) is 13.0. The first kappa shape index (κ1) is 20.0. The van der Waals surface area contributed by atoms with Gasteiger partial charge in [-0.3, -0.25) is 10.1 Å². The van der Waals surface area contributed by atoms with Crippen molar-refractivity contribution in [2.45, 2.75) is 9.24 Å². The zero-order valence-electron chi connectivity index (χ0n) is 14.3. The van der Waals surface area contributed by atoms with Gasteiger partial charge in [-0.15, -0.1) is 16.8 Å². The number of ether oxygens (including phenoxy) is 1. The van der Waals surface area contributed by atoms with E-state index >= 15 is 0 Å². The predicted octanol–water partition coefficient (Wildman–Crippen LogP) is 2.09. The van der Waals surface area contributed by atoms with Crippen LogP contribution in [0.2, 0.25) is 0 Å². The zero-order chi connectivity index (χ0) is 19.3. The quantitative estimate of drug-likeness (QED) is 0.411. The fraction of sp³-hybridized carbons (Fsp3) is 0.312. The summed E-state index contributed by atoms with van der Waals surface area (Å²) in [5, 5.41) is 10.9. The second kappa shape index (κ2) is 8.93. The fourth-order valence-corrected chi connectivity index (χ4v) is 5.25. The van der Waals surface area contributed by atoms with E-state index in [1.807, 2.05) is 0 Å². The molecule has 8 nitrogen and oxygen atoms in total. The summed E-state index contributed by atoms with van der Waals surface area (Å²) < 4.78 is 32.5. The molecule has 1 fully saturated rings. The van der Waals surface area contributed by atoms with E-state index in [4.69, 9.17) is 4.74 Å². The van der Waals surface area contributed by atoms with Gasteiger partial charge in [0.05, 0.1) is 18.1 Å². The molecule has 1 saturated heterocycles. The summed E-state index contributed by atoms with van der Waals surface area (Å²) in [5.74, 6) is 0.337. The fourth-order valence-electron chi connectivity index (χ4n) is 2.33. The maximum absolute atomic E-state index is 12.6. The highest BCUT2D eigenvalue weighted by Gasteiger charge is 2.26. The number of hydrogen-bond donors (Lipinski definition) is 1. The minimum absolute atomic E-state index is 0.153. The molecular formula is C16H18N4O4S3. The normalized spacial score (nSPS) is 15.4. The van der Waals surface area contributed by atoms with Crippen LogP contribution in [0.1, 0.15) is 10.4 Å². The lowest BCUT2D eigenvalue weighted by Crippen LogP contribution is -2.40. The Morgan fingerprint density at radius 3 is 2.67 bits per heavy atom. The van der Waals surface area contributed by atoms with Crippen molar-refractivity contribution < 1.29 is 17.9 Å². The average Bonchev–Trinajstić information content (AvgIpc) is 3.14. The van der Waals surface area contributed by atoms with Gasteiger partial charge in [0, 0.05) is 24.4 Å². The van der Waals surface area contributed by atoms with Gasteiger partial charge >= 0.3 is 0 Å². The topological polar surface area (TPSA) is 101 Å². The monoisotopic (exact) mass is 426 g/mol. The molecule has 2 heterocycles. The number of carbonyl (C=O) groups is 1. The van der Waals surface area contributed by atoms with Gasteiger partial charge in [-0.1, -0.05) is 29.2 Å². The summed E-state index contributed by atoms with van der Waals surface area (Å²) in [5.41, 5.74) is 0.339. The molecule has 1 aliphatic rings. The second-order valence-corrected chi connectivity index (χ2v) is 9.65. The van der Waals surface area contributed by atoms with E-state index in [-0.39, 0.29) is 10.8 Å². The molecule has 1 aromatic heterocycles. The number of hydrogen-bond acceptors (Lipinski definition) is 8. The molecule has 11 heteroatoms. The molecule has 1 amide bonds. The third-order valence-electron chi connectivity index (χ3n) is 3.68. The maximum atomic E-state index is 12.6. The van der Waals surface area contributed by atoms with Gasteiger partial charge in [0.25, 0.3) is 5.91 Å². The molecule has 1 aliphatic heterocycles. The van der Waals surface area contributed by atoms with Gasteiger partial charge < -0.3 is 4.74 Å². The van der Waals surface area contributed by atoms with Crippen molar-refractivity contribution in [1.82, 2.24) is 14.5 Å². The number of morpholine rings is 1. The van der Waals surface area contributed by atoms with Gasteiger partial charge in [0.2, 0.25) is 15.2 Å². The third kappa shape index (κ3) is 4.93. The molecular weight excluding hydrogens is 408 g/mol. The SMILES string of the molecule is C=CCSc1nnc(NC(=O)c2ccc(S(=O)(=O)N3CCOCC3)cc2)s1. The lowest BCUT2D eigenvalue weighted by molar-refractivity contribution is 0.0730. The first-order valence-electron chi connectivity index (χ1n) is 8.07. The van der Waals surface area contributed by atoms with Crippen molar-refractivity contribution in [2.24, 2.45) is 0 Å². The minimum Gasteiger partial charge on any atom is -0.379 e. The molecule has 0 unspecified atom stereocenters. The van der Waals surface area contributed by atoms with Crippen LogP contribution in [0.4, 0.5) is 5.13 Å². The highest BCUT2D eigenvalue weighted by molar-refractivity contribution is 8.01. The summed E-state index contributed by atoms with van der Waals surface area (Å²) in [4.78, 5) is 12.5. The van der Waals surface area contributed by atoms with Crippen molar-refractivity contribution in [3.05, 3.63) is 42.5 Å². The van der Waals surface area contributed by atoms with Crippen LogP contribution in [0.25, 0.3) is 0 Å². The highest BCUT2D eigenvalue weighted by Crippen LogP contribution is 2.26. The maximum Gasteiger partial charge on any atom is 0.257 e. The summed E-state index contributed by atoms with van der Waals surface area (Å²) in [6.07, 6.45) is 1.76. The number of anilines is 1. The summed E-state index contributed by atoms with van der Waals surface area (Å²) >= 11 is 2.75. The van der Waals surface area contributed by atoms with Gasteiger partial charge in [0.1, 0.15) is 0 Å². The summed E-state index contributed by atoms with van der Waals surface area (Å²) in [6, 6.07) is 5.84. The van der Waals surface area contributed by atoms with E-state index in [2.05, 4.69) is 22.1 Å². The van der Waals surface area contributed by atoms with Crippen LogP contribution in [0.3, 0.4) is 0 Å². The lowest BCUT2D eigenvalue weighted by Gasteiger charge is -2.26.